The van der Waals surface area contributed by atoms with Gasteiger partial charge >= 0.3 is 0 Å². The SMILES string of the molecule is CCNc1ncccc1CC1C=C(CN)C=NC1. The Labute approximate surface area is 108 Å². The molecule has 0 fully saturated rings. The van der Waals surface area contributed by atoms with Crippen LogP contribution in [-0.4, -0.2) is 30.8 Å². The van der Waals surface area contributed by atoms with Crippen LogP contribution in [0.5, 0.6) is 0 Å². The largest absolute Gasteiger partial charge is 0.370 e. The number of hydrogen-bond donors (Lipinski definition) is 2. The average Bonchev–Trinajstić information content (AvgIpc) is 2.41. The molecule has 0 radical (unpaired) electrons. The fourth-order valence-electron chi connectivity index (χ4n) is 2.16. The number of aliphatic imine (C=N–C) groups is 1. The number of nitrogens with zero attached hydrogens (tertiary/aromatic N) is 2. The summed E-state index contributed by atoms with van der Waals surface area (Å²) >= 11 is 0. The molecule has 1 atom stereocenters. The topological polar surface area (TPSA) is 63.3 Å². The summed E-state index contributed by atoms with van der Waals surface area (Å²) in [6.07, 6.45) is 6.89. The van der Waals surface area contributed by atoms with Crippen LogP contribution in [0.4, 0.5) is 5.82 Å². The highest BCUT2D eigenvalue weighted by molar-refractivity contribution is 5.80. The first-order valence-corrected chi connectivity index (χ1v) is 6.41. The van der Waals surface area contributed by atoms with Crippen molar-refractivity contribution in [3.05, 3.63) is 35.5 Å². The highest BCUT2D eigenvalue weighted by Crippen LogP contribution is 2.19. The summed E-state index contributed by atoms with van der Waals surface area (Å²) in [6, 6.07) is 4.11. The van der Waals surface area contributed by atoms with Crippen molar-refractivity contribution in [2.75, 3.05) is 25.0 Å². The summed E-state index contributed by atoms with van der Waals surface area (Å²) in [4.78, 5) is 8.75. The summed E-state index contributed by atoms with van der Waals surface area (Å²) < 4.78 is 0. The second-order valence-electron chi connectivity index (χ2n) is 4.45. The van der Waals surface area contributed by atoms with Crippen molar-refractivity contribution in [1.29, 1.82) is 0 Å². The van der Waals surface area contributed by atoms with Gasteiger partial charge in [0.15, 0.2) is 0 Å². The Hall–Kier alpha value is -1.68. The molecule has 96 valence electrons. The molecule has 0 aliphatic carbocycles. The first-order valence-electron chi connectivity index (χ1n) is 6.41. The maximum Gasteiger partial charge on any atom is 0.129 e. The molecule has 4 nitrogen and oxygen atoms in total. The molecule has 1 unspecified atom stereocenters. The second kappa shape index (κ2) is 6.31. The Bertz CT molecular complexity index is 451. The molecular weight excluding hydrogens is 224 g/mol. The molecule has 0 aromatic carbocycles. The maximum atomic E-state index is 5.65. The predicted octanol–water partition coefficient (Wildman–Crippen LogP) is 1.64. The number of dihydropyridines is 1. The van der Waals surface area contributed by atoms with Gasteiger partial charge in [-0.25, -0.2) is 4.98 Å². The molecule has 0 bridgehead atoms. The Kier molecular flexibility index (Phi) is 4.47. The highest BCUT2D eigenvalue weighted by Gasteiger charge is 2.13. The number of nitrogens with two attached hydrogens (primary N) is 1. The zero-order valence-electron chi connectivity index (χ0n) is 10.8. The van der Waals surface area contributed by atoms with E-state index in [4.69, 9.17) is 5.73 Å². The number of hydrogen-bond acceptors (Lipinski definition) is 4. The van der Waals surface area contributed by atoms with Gasteiger partial charge in [0.25, 0.3) is 0 Å². The van der Waals surface area contributed by atoms with E-state index in [-0.39, 0.29) is 0 Å². The molecule has 1 aliphatic heterocycles. The van der Waals surface area contributed by atoms with Gasteiger partial charge in [-0.2, -0.15) is 0 Å². The molecule has 2 heterocycles. The van der Waals surface area contributed by atoms with Crippen molar-refractivity contribution in [3.63, 3.8) is 0 Å². The Morgan fingerprint density at radius 1 is 1.50 bits per heavy atom. The van der Waals surface area contributed by atoms with Gasteiger partial charge in [-0.05, 0) is 30.5 Å². The normalized spacial score (nSPS) is 18.6. The van der Waals surface area contributed by atoms with Crippen LogP contribution < -0.4 is 11.1 Å². The lowest BCUT2D eigenvalue weighted by molar-refractivity contribution is 0.650. The van der Waals surface area contributed by atoms with Crippen molar-refractivity contribution in [2.24, 2.45) is 16.6 Å². The zero-order valence-corrected chi connectivity index (χ0v) is 10.8. The lowest BCUT2D eigenvalue weighted by atomic mass is 9.95. The molecule has 1 aromatic rings. The van der Waals surface area contributed by atoms with Gasteiger partial charge in [0, 0.05) is 38.0 Å². The van der Waals surface area contributed by atoms with Gasteiger partial charge in [0.05, 0.1) is 0 Å². The van der Waals surface area contributed by atoms with E-state index in [1.54, 1.807) is 0 Å². The van der Waals surface area contributed by atoms with E-state index in [2.05, 4.69) is 34.4 Å². The van der Waals surface area contributed by atoms with E-state index in [1.165, 1.54) is 5.56 Å². The van der Waals surface area contributed by atoms with Crippen LogP contribution in [0, 0.1) is 5.92 Å². The molecule has 1 aliphatic rings. The lowest BCUT2D eigenvalue weighted by Gasteiger charge is -2.17. The van der Waals surface area contributed by atoms with Crippen molar-refractivity contribution >= 4 is 12.0 Å². The third-order valence-corrected chi connectivity index (χ3v) is 3.00. The fourth-order valence-corrected chi connectivity index (χ4v) is 2.16. The molecule has 1 aromatic heterocycles. The van der Waals surface area contributed by atoms with Crippen LogP contribution in [0.1, 0.15) is 12.5 Å². The van der Waals surface area contributed by atoms with Crippen molar-refractivity contribution in [1.82, 2.24) is 4.98 Å². The first-order chi connectivity index (χ1) is 8.83. The fraction of sp³-hybridized carbons (Fsp3) is 0.429. The number of pyridine rings is 1. The lowest BCUT2D eigenvalue weighted by Crippen LogP contribution is -2.16. The molecule has 4 heteroatoms. The van der Waals surface area contributed by atoms with Gasteiger partial charge in [-0.3, -0.25) is 4.99 Å². The molecule has 18 heavy (non-hydrogen) atoms. The molecule has 0 spiro atoms. The average molecular weight is 244 g/mol. The van der Waals surface area contributed by atoms with Crippen LogP contribution in [-0.2, 0) is 6.42 Å². The van der Waals surface area contributed by atoms with E-state index in [1.807, 2.05) is 18.5 Å². The Morgan fingerprint density at radius 2 is 2.39 bits per heavy atom. The summed E-state index contributed by atoms with van der Waals surface area (Å²) in [6.45, 7) is 4.36. The maximum absolute atomic E-state index is 5.65. The summed E-state index contributed by atoms with van der Waals surface area (Å²) in [5, 5.41) is 3.30. The number of anilines is 1. The van der Waals surface area contributed by atoms with Crippen LogP contribution in [0.25, 0.3) is 0 Å². The molecule has 0 saturated carbocycles. The number of nitrogens with one attached hydrogen (secondary N) is 1. The quantitative estimate of drug-likeness (QED) is 0.827. The summed E-state index contributed by atoms with van der Waals surface area (Å²) in [7, 11) is 0. The number of rotatable bonds is 5. The van der Waals surface area contributed by atoms with E-state index >= 15 is 0 Å². The minimum atomic E-state index is 0.426. The molecule has 3 N–H and O–H groups in total. The summed E-state index contributed by atoms with van der Waals surface area (Å²) in [5.41, 5.74) is 8.02. The predicted molar refractivity (Wildman–Crippen MR) is 76.1 cm³/mol. The first kappa shape index (κ1) is 12.8. The van der Waals surface area contributed by atoms with Crippen LogP contribution >= 0.6 is 0 Å². The van der Waals surface area contributed by atoms with Gasteiger partial charge in [-0.1, -0.05) is 12.1 Å². The van der Waals surface area contributed by atoms with Gasteiger partial charge < -0.3 is 11.1 Å². The molecular formula is C14H20N4. The van der Waals surface area contributed by atoms with Crippen molar-refractivity contribution < 1.29 is 0 Å². The van der Waals surface area contributed by atoms with E-state index in [0.717, 1.165) is 30.9 Å². The molecule has 2 rings (SSSR count). The van der Waals surface area contributed by atoms with E-state index in [0.29, 0.717) is 12.5 Å². The van der Waals surface area contributed by atoms with Crippen molar-refractivity contribution in [3.8, 4) is 0 Å². The smallest absolute Gasteiger partial charge is 0.129 e. The Morgan fingerprint density at radius 3 is 3.17 bits per heavy atom. The van der Waals surface area contributed by atoms with Crippen LogP contribution in [0.3, 0.4) is 0 Å². The molecule has 0 saturated heterocycles. The third kappa shape index (κ3) is 3.17. The van der Waals surface area contributed by atoms with Crippen LogP contribution in [0.15, 0.2) is 35.0 Å². The monoisotopic (exact) mass is 244 g/mol. The number of aromatic nitrogens is 1. The van der Waals surface area contributed by atoms with Crippen LogP contribution in [0.2, 0.25) is 0 Å². The minimum Gasteiger partial charge on any atom is -0.370 e. The van der Waals surface area contributed by atoms with Gasteiger partial charge in [-0.15, -0.1) is 0 Å². The van der Waals surface area contributed by atoms with Crippen molar-refractivity contribution in [2.45, 2.75) is 13.3 Å². The van der Waals surface area contributed by atoms with E-state index < -0.39 is 0 Å². The second-order valence-corrected chi connectivity index (χ2v) is 4.45. The van der Waals surface area contributed by atoms with Gasteiger partial charge in [0.2, 0.25) is 0 Å². The highest BCUT2D eigenvalue weighted by atomic mass is 15.0. The summed E-state index contributed by atoms with van der Waals surface area (Å²) in [5.74, 6) is 1.41. The Balaban J connectivity index is 2.10. The molecule has 0 amide bonds. The standard InChI is InChI=1S/C14H20N4/c1-2-17-14-13(4-3-5-18-14)7-11-6-12(8-15)10-16-9-11/h3-6,10-11H,2,7-9,15H2,1H3,(H,17,18). The minimum absolute atomic E-state index is 0.426. The third-order valence-electron chi connectivity index (χ3n) is 3.00. The van der Waals surface area contributed by atoms with E-state index in [9.17, 15) is 0 Å². The van der Waals surface area contributed by atoms with Gasteiger partial charge in [0.1, 0.15) is 5.82 Å². The zero-order chi connectivity index (χ0) is 12.8.